The smallest absolute Gasteiger partial charge is 0.329 e. The van der Waals surface area contributed by atoms with Crippen molar-refractivity contribution in [2.24, 2.45) is 11.0 Å². The molecule has 0 heterocycles. The Kier molecular flexibility index (Phi) is 10.1. The van der Waals surface area contributed by atoms with E-state index < -0.39 is 11.8 Å². The highest BCUT2D eigenvalue weighted by atomic mass is 79.9. The third-order valence-electron chi connectivity index (χ3n) is 4.51. The average molecular weight is 533 g/mol. The van der Waals surface area contributed by atoms with Gasteiger partial charge in [-0.1, -0.05) is 31.5 Å². The third kappa shape index (κ3) is 8.18. The van der Waals surface area contributed by atoms with Crippen molar-refractivity contribution in [1.29, 1.82) is 0 Å². The maximum Gasteiger partial charge on any atom is 0.329 e. The number of halogens is 1. The topological polar surface area (TPSA) is 118 Å². The van der Waals surface area contributed by atoms with Gasteiger partial charge in [0.15, 0.2) is 18.1 Å². The Bertz CT molecular complexity index is 1090. The molecule has 0 radical (unpaired) electrons. The van der Waals surface area contributed by atoms with Gasteiger partial charge in [0.2, 0.25) is 0 Å². The highest BCUT2D eigenvalue weighted by Crippen LogP contribution is 2.36. The summed E-state index contributed by atoms with van der Waals surface area (Å²) >= 11 is 3.40. The molecule has 0 aliphatic rings. The monoisotopic (exact) mass is 532 g/mol. The van der Waals surface area contributed by atoms with Crippen LogP contribution in [-0.4, -0.2) is 44.2 Å². The van der Waals surface area contributed by atoms with Crippen LogP contribution in [0.3, 0.4) is 0 Å². The number of nitrogens with one attached hydrogen (secondary N) is 3. The molecule has 34 heavy (non-hydrogen) atoms. The van der Waals surface area contributed by atoms with Crippen LogP contribution >= 0.6 is 15.9 Å². The van der Waals surface area contributed by atoms with Crippen LogP contribution in [0.1, 0.15) is 30.5 Å². The third-order valence-corrected chi connectivity index (χ3v) is 5.10. The number of hydrogen-bond acceptors (Lipinski definition) is 6. The van der Waals surface area contributed by atoms with Crippen LogP contribution in [0.15, 0.2) is 39.9 Å². The molecule has 0 atom stereocenters. The number of anilines is 1. The zero-order chi connectivity index (χ0) is 25.3. The second kappa shape index (κ2) is 12.7. The fourth-order valence-corrected chi connectivity index (χ4v) is 3.40. The quantitative estimate of drug-likeness (QED) is 0.260. The molecule has 0 aliphatic heterocycles. The molecule has 0 fully saturated rings. The Labute approximate surface area is 207 Å². The van der Waals surface area contributed by atoms with Crippen LogP contribution in [0, 0.1) is 19.8 Å². The Hall–Kier alpha value is -3.40. The van der Waals surface area contributed by atoms with Crippen LogP contribution < -0.4 is 25.5 Å². The summed E-state index contributed by atoms with van der Waals surface area (Å²) in [5, 5.41) is 9.14. The number of rotatable bonds is 9. The Morgan fingerprint density at radius 3 is 2.50 bits per heavy atom. The van der Waals surface area contributed by atoms with Crippen molar-refractivity contribution in [3.05, 3.63) is 51.5 Å². The number of ether oxygens (including phenoxy) is 2. The van der Waals surface area contributed by atoms with E-state index in [0.29, 0.717) is 28.1 Å². The van der Waals surface area contributed by atoms with Crippen LogP contribution in [0.2, 0.25) is 0 Å². The predicted molar refractivity (Wildman–Crippen MR) is 134 cm³/mol. The van der Waals surface area contributed by atoms with Crippen molar-refractivity contribution in [2.45, 2.75) is 27.7 Å². The molecule has 3 amide bonds. The second-order valence-electron chi connectivity index (χ2n) is 7.99. The van der Waals surface area contributed by atoms with Crippen LogP contribution in [0.5, 0.6) is 11.5 Å². The zero-order valence-corrected chi connectivity index (χ0v) is 21.4. The fourth-order valence-electron chi connectivity index (χ4n) is 2.83. The number of hydrogen-bond donors (Lipinski definition) is 3. The first-order valence-electron chi connectivity index (χ1n) is 10.6. The summed E-state index contributed by atoms with van der Waals surface area (Å²) < 4.78 is 11.6. The number of hydrazone groups is 1. The standard InChI is InChI=1S/C24H29BrN4O5/c1-14(2)11-26-23(31)24(32)29-27-12-17-9-18(25)22(20(10-17)33-5)34-13-21(30)28-19-7-6-15(3)8-16(19)4/h6-10,12,14H,11,13H2,1-5H3,(H,26,31)(H,28,30)(H,29,32)/b27-12-. The number of amides is 3. The summed E-state index contributed by atoms with van der Waals surface area (Å²) in [6.45, 7) is 7.92. The number of methoxy groups -OCH3 is 1. The molecular weight excluding hydrogens is 504 g/mol. The van der Waals surface area contributed by atoms with Gasteiger partial charge in [0.1, 0.15) is 0 Å². The number of benzene rings is 2. The Balaban J connectivity index is 1.99. The minimum absolute atomic E-state index is 0.225. The summed E-state index contributed by atoms with van der Waals surface area (Å²) in [5.41, 5.74) is 5.53. The fraction of sp³-hybridized carbons (Fsp3) is 0.333. The van der Waals surface area contributed by atoms with E-state index in [4.69, 9.17) is 9.47 Å². The summed E-state index contributed by atoms with van der Waals surface area (Å²) in [7, 11) is 1.46. The van der Waals surface area contributed by atoms with Gasteiger partial charge in [-0.05, 0) is 65.0 Å². The molecule has 9 nitrogen and oxygen atoms in total. The van der Waals surface area contributed by atoms with Gasteiger partial charge in [0.25, 0.3) is 5.91 Å². The van der Waals surface area contributed by atoms with E-state index in [1.54, 1.807) is 12.1 Å². The van der Waals surface area contributed by atoms with Crippen molar-refractivity contribution in [1.82, 2.24) is 10.7 Å². The molecule has 2 aromatic carbocycles. The lowest BCUT2D eigenvalue weighted by atomic mass is 10.1. The van der Waals surface area contributed by atoms with E-state index >= 15 is 0 Å². The second-order valence-corrected chi connectivity index (χ2v) is 8.85. The predicted octanol–water partition coefficient (Wildman–Crippen LogP) is 3.31. The summed E-state index contributed by atoms with van der Waals surface area (Å²) in [5.74, 6) is -1.01. The number of carbonyl (C=O) groups is 3. The SMILES string of the molecule is COc1cc(/C=N\NC(=O)C(=O)NCC(C)C)cc(Br)c1OCC(=O)Nc1ccc(C)cc1C. The molecule has 0 spiro atoms. The van der Waals surface area contributed by atoms with E-state index in [1.165, 1.54) is 13.3 Å². The van der Waals surface area contributed by atoms with Crippen molar-refractivity contribution in [3.63, 3.8) is 0 Å². The van der Waals surface area contributed by atoms with Gasteiger partial charge in [-0.2, -0.15) is 5.10 Å². The lowest BCUT2D eigenvalue weighted by molar-refractivity contribution is -0.139. The molecule has 10 heteroatoms. The molecule has 182 valence electrons. The molecule has 0 bridgehead atoms. The maximum absolute atomic E-state index is 12.4. The van der Waals surface area contributed by atoms with Gasteiger partial charge >= 0.3 is 11.8 Å². The first-order valence-corrected chi connectivity index (χ1v) is 11.4. The van der Waals surface area contributed by atoms with Gasteiger partial charge in [0.05, 0.1) is 17.8 Å². The van der Waals surface area contributed by atoms with E-state index in [-0.39, 0.29) is 18.4 Å². The van der Waals surface area contributed by atoms with E-state index in [0.717, 1.165) is 16.8 Å². The molecular formula is C24H29BrN4O5. The Morgan fingerprint density at radius 2 is 1.85 bits per heavy atom. The number of carbonyl (C=O) groups excluding carboxylic acids is 3. The van der Waals surface area contributed by atoms with Crippen molar-refractivity contribution < 1.29 is 23.9 Å². The minimum atomic E-state index is -0.863. The largest absolute Gasteiger partial charge is 0.493 e. The molecule has 0 saturated heterocycles. The van der Waals surface area contributed by atoms with E-state index in [9.17, 15) is 14.4 Å². The van der Waals surface area contributed by atoms with Crippen LogP contribution in [0.4, 0.5) is 5.69 Å². The van der Waals surface area contributed by atoms with E-state index in [2.05, 4.69) is 37.1 Å². The van der Waals surface area contributed by atoms with Crippen LogP contribution in [0.25, 0.3) is 0 Å². The van der Waals surface area contributed by atoms with Crippen molar-refractivity contribution in [3.8, 4) is 11.5 Å². The van der Waals surface area contributed by atoms with E-state index in [1.807, 2.05) is 45.9 Å². The molecule has 0 saturated carbocycles. The molecule has 2 aromatic rings. The van der Waals surface area contributed by atoms with Gasteiger partial charge in [-0.3, -0.25) is 14.4 Å². The first-order chi connectivity index (χ1) is 16.1. The van der Waals surface area contributed by atoms with Crippen LogP contribution in [-0.2, 0) is 14.4 Å². The molecule has 0 aromatic heterocycles. The Morgan fingerprint density at radius 1 is 1.12 bits per heavy atom. The summed E-state index contributed by atoms with van der Waals surface area (Å²) in [6.07, 6.45) is 1.36. The first kappa shape index (κ1) is 26.8. The van der Waals surface area contributed by atoms with Gasteiger partial charge in [-0.25, -0.2) is 5.43 Å². The molecule has 2 rings (SSSR count). The van der Waals surface area contributed by atoms with Crippen molar-refractivity contribution in [2.75, 3.05) is 25.6 Å². The lowest BCUT2D eigenvalue weighted by Gasteiger charge is -2.14. The minimum Gasteiger partial charge on any atom is -0.493 e. The van der Waals surface area contributed by atoms with Gasteiger partial charge < -0.3 is 20.1 Å². The number of aryl methyl sites for hydroxylation is 2. The average Bonchev–Trinajstić information content (AvgIpc) is 2.78. The van der Waals surface area contributed by atoms with Gasteiger partial charge in [-0.15, -0.1) is 0 Å². The molecule has 0 unspecified atom stereocenters. The summed E-state index contributed by atoms with van der Waals surface area (Å²) in [4.78, 5) is 35.8. The van der Waals surface area contributed by atoms with Crippen molar-refractivity contribution >= 4 is 45.6 Å². The maximum atomic E-state index is 12.4. The lowest BCUT2D eigenvalue weighted by Crippen LogP contribution is -2.39. The highest BCUT2D eigenvalue weighted by Gasteiger charge is 2.15. The molecule has 3 N–H and O–H groups in total. The highest BCUT2D eigenvalue weighted by molar-refractivity contribution is 9.10. The zero-order valence-electron chi connectivity index (χ0n) is 19.8. The normalized spacial score (nSPS) is 10.8. The molecule has 0 aliphatic carbocycles. The summed E-state index contributed by atoms with van der Waals surface area (Å²) in [6, 6.07) is 9.05. The number of nitrogens with zero attached hydrogens (tertiary/aromatic N) is 1. The van der Waals surface area contributed by atoms with Gasteiger partial charge in [0, 0.05) is 12.2 Å².